The van der Waals surface area contributed by atoms with Crippen LogP contribution in [0.2, 0.25) is 0 Å². The summed E-state index contributed by atoms with van der Waals surface area (Å²) in [4.78, 5) is 12.5. The number of phenolic OH excluding ortho intramolecular Hbond substituents is 1. The van der Waals surface area contributed by atoms with Crippen LogP contribution in [0.1, 0.15) is 38.8 Å². The van der Waals surface area contributed by atoms with Gasteiger partial charge in [0.15, 0.2) is 5.69 Å². The van der Waals surface area contributed by atoms with Gasteiger partial charge in [-0.25, -0.2) is 9.48 Å². The average molecular weight is 417 g/mol. The molecular weight excluding hydrogens is 396 g/mol. The topological polar surface area (TPSA) is 104 Å². The minimum absolute atomic E-state index is 0.0193. The molecule has 31 heavy (non-hydrogen) atoms. The zero-order valence-corrected chi connectivity index (χ0v) is 17.6. The van der Waals surface area contributed by atoms with Crippen LogP contribution in [0.5, 0.6) is 5.75 Å². The number of phenols is 1. The Morgan fingerprint density at radius 1 is 0.968 bits per heavy atom. The summed E-state index contributed by atoms with van der Waals surface area (Å²) in [6, 6.07) is 12.0. The molecule has 0 saturated heterocycles. The van der Waals surface area contributed by atoms with Crippen molar-refractivity contribution in [3.8, 4) is 22.7 Å². The lowest BCUT2D eigenvalue weighted by Crippen LogP contribution is -2.41. The van der Waals surface area contributed by atoms with E-state index in [-0.39, 0.29) is 11.4 Å². The van der Waals surface area contributed by atoms with E-state index in [4.69, 9.17) is 4.42 Å². The number of hydrogen-bond acceptors (Lipinski definition) is 6. The Labute approximate surface area is 177 Å². The molecule has 8 heteroatoms. The van der Waals surface area contributed by atoms with E-state index in [0.717, 1.165) is 21.8 Å². The van der Waals surface area contributed by atoms with E-state index in [1.165, 1.54) is 16.8 Å². The maximum Gasteiger partial charge on any atom is 0.362 e. The van der Waals surface area contributed by atoms with E-state index in [1.54, 1.807) is 18.3 Å². The standard InChI is InChI=1S/C23H21N4O4/c1-22(2)16-8-6-13(9-17(16)23(3,4)27(22)30)18-12-26(25-24-18)19-10-14-5-7-15(28)11-20(14)31-21(19)29/h5-12,28H,1-4H3. The largest absolute Gasteiger partial charge is 0.508 e. The van der Waals surface area contributed by atoms with Crippen molar-refractivity contribution in [1.29, 1.82) is 0 Å². The van der Waals surface area contributed by atoms with E-state index >= 15 is 0 Å². The number of benzene rings is 2. The minimum Gasteiger partial charge on any atom is -0.508 e. The normalized spacial score (nSPS) is 17.2. The molecule has 1 aliphatic heterocycles. The quantitative estimate of drug-likeness (QED) is 0.497. The van der Waals surface area contributed by atoms with Crippen molar-refractivity contribution in [2.75, 3.05) is 0 Å². The molecule has 2 aromatic carbocycles. The lowest BCUT2D eigenvalue weighted by Gasteiger charge is -2.32. The van der Waals surface area contributed by atoms with Crippen LogP contribution in [0.4, 0.5) is 0 Å². The number of hydrogen-bond donors (Lipinski definition) is 1. The van der Waals surface area contributed by atoms with Gasteiger partial charge in [0.2, 0.25) is 0 Å². The van der Waals surface area contributed by atoms with E-state index in [9.17, 15) is 15.1 Å². The van der Waals surface area contributed by atoms with Gasteiger partial charge in [0, 0.05) is 17.0 Å². The number of hydroxylamine groups is 2. The second kappa shape index (κ2) is 6.26. The molecule has 0 spiro atoms. The van der Waals surface area contributed by atoms with E-state index in [0.29, 0.717) is 16.7 Å². The number of rotatable bonds is 2. The summed E-state index contributed by atoms with van der Waals surface area (Å²) in [5.41, 5.74) is 1.94. The molecule has 0 saturated carbocycles. The summed E-state index contributed by atoms with van der Waals surface area (Å²) in [7, 11) is 0. The molecule has 0 unspecified atom stereocenters. The van der Waals surface area contributed by atoms with E-state index < -0.39 is 16.7 Å². The Balaban J connectivity index is 1.58. The molecule has 0 aliphatic carbocycles. The molecule has 2 aromatic heterocycles. The van der Waals surface area contributed by atoms with Gasteiger partial charge in [-0.15, -0.1) is 15.4 Å². The fourth-order valence-electron chi connectivity index (χ4n) is 4.42. The van der Waals surface area contributed by atoms with Crippen LogP contribution >= 0.6 is 0 Å². The molecule has 4 aromatic rings. The molecule has 1 aliphatic rings. The molecule has 8 nitrogen and oxygen atoms in total. The molecule has 0 fully saturated rings. The second-order valence-electron chi connectivity index (χ2n) is 8.86. The number of aromatic nitrogens is 3. The van der Waals surface area contributed by atoms with Gasteiger partial charge < -0.3 is 9.52 Å². The molecule has 157 valence electrons. The van der Waals surface area contributed by atoms with Crippen molar-refractivity contribution in [2.45, 2.75) is 38.8 Å². The molecule has 3 heterocycles. The Morgan fingerprint density at radius 3 is 2.48 bits per heavy atom. The van der Waals surface area contributed by atoms with Gasteiger partial charge in [0.25, 0.3) is 0 Å². The van der Waals surface area contributed by atoms with Crippen molar-refractivity contribution < 1.29 is 14.7 Å². The minimum atomic E-state index is -0.671. The zero-order valence-electron chi connectivity index (χ0n) is 17.6. The first-order valence-corrected chi connectivity index (χ1v) is 9.91. The third-order valence-electron chi connectivity index (χ3n) is 6.09. The first-order valence-electron chi connectivity index (χ1n) is 9.91. The van der Waals surface area contributed by atoms with Crippen LogP contribution in [0.15, 0.2) is 57.9 Å². The number of nitrogens with zero attached hydrogens (tertiary/aromatic N) is 4. The Hall–Kier alpha value is -3.49. The first-order chi connectivity index (χ1) is 14.6. The summed E-state index contributed by atoms with van der Waals surface area (Å²) in [6.45, 7) is 7.66. The highest BCUT2D eigenvalue weighted by atomic mass is 16.5. The fraction of sp³-hybridized carbons (Fsp3) is 0.261. The van der Waals surface area contributed by atoms with Crippen molar-refractivity contribution in [2.24, 2.45) is 0 Å². The van der Waals surface area contributed by atoms with Crippen molar-refractivity contribution in [1.82, 2.24) is 20.1 Å². The van der Waals surface area contributed by atoms with Gasteiger partial charge >= 0.3 is 5.63 Å². The molecule has 1 radical (unpaired) electrons. The highest BCUT2D eigenvalue weighted by molar-refractivity contribution is 5.79. The summed E-state index contributed by atoms with van der Waals surface area (Å²) >= 11 is 0. The maximum atomic E-state index is 12.8. The third kappa shape index (κ3) is 2.79. The molecule has 5 rings (SSSR count). The number of aromatic hydroxyl groups is 1. The highest BCUT2D eigenvalue weighted by Crippen LogP contribution is 2.49. The van der Waals surface area contributed by atoms with Crippen LogP contribution in [0.25, 0.3) is 27.9 Å². The van der Waals surface area contributed by atoms with Crippen LogP contribution < -0.4 is 5.63 Å². The van der Waals surface area contributed by atoms with Crippen LogP contribution in [0, 0.1) is 0 Å². The van der Waals surface area contributed by atoms with Crippen LogP contribution in [0.3, 0.4) is 0 Å². The van der Waals surface area contributed by atoms with Crippen molar-refractivity contribution in [3.63, 3.8) is 0 Å². The Bertz CT molecular complexity index is 1400. The van der Waals surface area contributed by atoms with E-state index in [1.807, 2.05) is 45.9 Å². The molecule has 1 N–H and O–H groups in total. The highest BCUT2D eigenvalue weighted by Gasteiger charge is 2.50. The van der Waals surface area contributed by atoms with Crippen LogP contribution in [-0.4, -0.2) is 25.2 Å². The van der Waals surface area contributed by atoms with E-state index in [2.05, 4.69) is 10.3 Å². The van der Waals surface area contributed by atoms with Gasteiger partial charge in [-0.05, 0) is 63.1 Å². The molecule has 0 amide bonds. The third-order valence-corrected chi connectivity index (χ3v) is 6.09. The first kappa shape index (κ1) is 19.5. The van der Waals surface area contributed by atoms with Crippen LogP contribution in [-0.2, 0) is 16.3 Å². The zero-order chi connectivity index (χ0) is 22.1. The lowest BCUT2D eigenvalue weighted by molar-refractivity contribution is -0.266. The molecule has 0 bridgehead atoms. The molecular formula is C23H21N4O4. The lowest BCUT2D eigenvalue weighted by atomic mass is 9.89. The summed E-state index contributed by atoms with van der Waals surface area (Å²) in [6.07, 6.45) is 1.66. The van der Waals surface area contributed by atoms with Gasteiger partial charge in [-0.1, -0.05) is 17.3 Å². The second-order valence-corrected chi connectivity index (χ2v) is 8.86. The number of fused-ring (bicyclic) bond motifs is 2. The van der Waals surface area contributed by atoms with Gasteiger partial charge in [-0.3, -0.25) is 0 Å². The fourth-order valence-corrected chi connectivity index (χ4v) is 4.42. The smallest absolute Gasteiger partial charge is 0.362 e. The summed E-state index contributed by atoms with van der Waals surface area (Å²) in [5, 5.41) is 32.5. The predicted octanol–water partition coefficient (Wildman–Crippen LogP) is 3.88. The Morgan fingerprint density at radius 2 is 1.71 bits per heavy atom. The van der Waals surface area contributed by atoms with Gasteiger partial charge in [0.05, 0.1) is 17.3 Å². The summed E-state index contributed by atoms with van der Waals surface area (Å²) < 4.78 is 6.69. The van der Waals surface area contributed by atoms with Crippen molar-refractivity contribution in [3.05, 3.63) is 70.2 Å². The SMILES string of the molecule is CC1(C)c2ccc(-c3cn(-c4cc5ccc(O)cc5oc4=O)nn3)cc2C(C)(C)N1[O]. The Kier molecular flexibility index (Phi) is 3.93. The predicted molar refractivity (Wildman–Crippen MR) is 113 cm³/mol. The monoisotopic (exact) mass is 417 g/mol. The average Bonchev–Trinajstić information content (AvgIpc) is 3.26. The van der Waals surface area contributed by atoms with Gasteiger partial charge in [0.1, 0.15) is 17.0 Å². The maximum absolute atomic E-state index is 12.8. The molecule has 0 atom stereocenters. The van der Waals surface area contributed by atoms with Gasteiger partial charge in [-0.2, -0.15) is 0 Å². The summed E-state index contributed by atoms with van der Waals surface area (Å²) in [5.74, 6) is 0.0193. The van der Waals surface area contributed by atoms with Crippen molar-refractivity contribution >= 4 is 11.0 Å².